The minimum Gasteiger partial charge on any atom is -0.444 e. The van der Waals surface area contributed by atoms with E-state index in [-0.39, 0.29) is 11.8 Å². The molecule has 2 heterocycles. The molecule has 1 unspecified atom stereocenters. The smallest absolute Gasteiger partial charge is 0.228 e. The largest absolute Gasteiger partial charge is 0.444 e. The number of aromatic nitrogens is 1. The Morgan fingerprint density at radius 2 is 2.40 bits per heavy atom. The Bertz CT molecular complexity index is 575. The summed E-state index contributed by atoms with van der Waals surface area (Å²) in [7, 11) is 0. The zero-order chi connectivity index (χ0) is 13.8. The van der Waals surface area contributed by atoms with Gasteiger partial charge in [-0.1, -0.05) is 12.1 Å². The number of amides is 1. The number of piperidine rings is 1. The second-order valence-corrected chi connectivity index (χ2v) is 4.98. The topological polar surface area (TPSA) is 67.2 Å². The molecule has 2 aromatic rings. The molecule has 1 fully saturated rings. The fourth-order valence-corrected chi connectivity index (χ4v) is 2.43. The van der Waals surface area contributed by atoms with Gasteiger partial charge < -0.3 is 15.1 Å². The molecule has 1 atom stereocenters. The zero-order valence-electron chi connectivity index (χ0n) is 11.1. The lowest BCUT2D eigenvalue weighted by atomic mass is 9.98. The van der Waals surface area contributed by atoms with E-state index in [4.69, 9.17) is 4.42 Å². The number of oxazole rings is 1. The molecule has 0 bridgehead atoms. The van der Waals surface area contributed by atoms with Crippen molar-refractivity contribution in [1.82, 2.24) is 10.3 Å². The van der Waals surface area contributed by atoms with Gasteiger partial charge >= 0.3 is 0 Å². The van der Waals surface area contributed by atoms with Crippen molar-refractivity contribution < 1.29 is 9.21 Å². The van der Waals surface area contributed by atoms with Gasteiger partial charge in [0.25, 0.3) is 0 Å². The van der Waals surface area contributed by atoms with Crippen LogP contribution in [0.25, 0.3) is 11.3 Å². The maximum atomic E-state index is 12.2. The number of benzene rings is 1. The fraction of sp³-hybridized carbons (Fsp3) is 0.333. The number of carbonyl (C=O) groups excluding carboxylic acids is 1. The third kappa shape index (κ3) is 2.88. The van der Waals surface area contributed by atoms with E-state index in [1.54, 1.807) is 6.20 Å². The Labute approximate surface area is 117 Å². The molecule has 0 aliphatic carbocycles. The molecule has 1 aromatic carbocycles. The first-order valence-corrected chi connectivity index (χ1v) is 6.83. The van der Waals surface area contributed by atoms with Crippen LogP contribution in [-0.4, -0.2) is 24.0 Å². The number of hydrogen-bond donors (Lipinski definition) is 2. The molecule has 0 spiro atoms. The number of anilines is 1. The van der Waals surface area contributed by atoms with Crippen LogP contribution in [0.1, 0.15) is 12.8 Å². The Kier molecular flexibility index (Phi) is 3.78. The Morgan fingerprint density at radius 1 is 1.45 bits per heavy atom. The van der Waals surface area contributed by atoms with Crippen molar-refractivity contribution in [1.29, 1.82) is 0 Å². The number of nitrogens with one attached hydrogen (secondary N) is 2. The third-order valence-electron chi connectivity index (χ3n) is 3.51. The minimum absolute atomic E-state index is 0.0534. The quantitative estimate of drug-likeness (QED) is 0.898. The summed E-state index contributed by atoms with van der Waals surface area (Å²) in [5.74, 6) is 0.824. The van der Waals surface area contributed by atoms with E-state index < -0.39 is 0 Å². The van der Waals surface area contributed by atoms with Gasteiger partial charge in [0.1, 0.15) is 0 Å². The Balaban J connectivity index is 1.71. The first-order chi connectivity index (χ1) is 9.83. The highest BCUT2D eigenvalue weighted by Crippen LogP contribution is 2.22. The highest BCUT2D eigenvalue weighted by atomic mass is 16.3. The van der Waals surface area contributed by atoms with E-state index in [2.05, 4.69) is 15.6 Å². The molecular formula is C15H17N3O2. The highest BCUT2D eigenvalue weighted by molar-refractivity contribution is 5.93. The number of nitrogens with zero attached hydrogens (tertiary/aromatic N) is 1. The van der Waals surface area contributed by atoms with Gasteiger partial charge in [-0.25, -0.2) is 4.98 Å². The van der Waals surface area contributed by atoms with Gasteiger partial charge in [0, 0.05) is 17.8 Å². The van der Waals surface area contributed by atoms with Crippen LogP contribution in [0.4, 0.5) is 5.69 Å². The van der Waals surface area contributed by atoms with Gasteiger partial charge in [-0.15, -0.1) is 0 Å². The van der Waals surface area contributed by atoms with Crippen LogP contribution in [0.5, 0.6) is 0 Å². The molecule has 3 rings (SSSR count). The monoisotopic (exact) mass is 271 g/mol. The summed E-state index contributed by atoms with van der Waals surface area (Å²) in [5.41, 5.74) is 1.69. The molecule has 1 aromatic heterocycles. The molecule has 0 radical (unpaired) electrons. The number of rotatable bonds is 3. The molecule has 1 aliphatic heterocycles. The first kappa shape index (κ1) is 12.9. The number of carbonyl (C=O) groups is 1. The zero-order valence-corrected chi connectivity index (χ0v) is 11.1. The van der Waals surface area contributed by atoms with Gasteiger partial charge in [-0.3, -0.25) is 4.79 Å². The molecule has 1 aliphatic rings. The van der Waals surface area contributed by atoms with Gasteiger partial charge in [0.05, 0.1) is 12.1 Å². The molecule has 1 amide bonds. The van der Waals surface area contributed by atoms with Crippen molar-refractivity contribution in [3.8, 4) is 11.3 Å². The van der Waals surface area contributed by atoms with Gasteiger partial charge in [-0.05, 0) is 31.5 Å². The van der Waals surface area contributed by atoms with E-state index in [0.717, 1.165) is 37.2 Å². The molecule has 5 nitrogen and oxygen atoms in total. The third-order valence-corrected chi connectivity index (χ3v) is 3.51. The van der Waals surface area contributed by atoms with E-state index in [1.807, 2.05) is 24.3 Å². The summed E-state index contributed by atoms with van der Waals surface area (Å²) in [6.45, 7) is 1.76. The second-order valence-electron chi connectivity index (χ2n) is 4.98. The Morgan fingerprint density at radius 3 is 3.15 bits per heavy atom. The summed E-state index contributed by atoms with van der Waals surface area (Å²) in [4.78, 5) is 16.1. The normalized spacial score (nSPS) is 18.7. The molecule has 1 saturated heterocycles. The van der Waals surface area contributed by atoms with Crippen molar-refractivity contribution in [2.45, 2.75) is 12.8 Å². The molecule has 0 saturated carbocycles. The van der Waals surface area contributed by atoms with Crippen LogP contribution in [0.3, 0.4) is 0 Å². The van der Waals surface area contributed by atoms with Crippen molar-refractivity contribution in [3.05, 3.63) is 36.9 Å². The van der Waals surface area contributed by atoms with Crippen LogP contribution >= 0.6 is 0 Å². The van der Waals surface area contributed by atoms with Crippen LogP contribution < -0.4 is 10.6 Å². The van der Waals surface area contributed by atoms with Gasteiger partial charge in [0.15, 0.2) is 12.2 Å². The summed E-state index contributed by atoms with van der Waals surface area (Å²) in [6.07, 6.45) is 5.05. The SMILES string of the molecule is O=C(Nc1cccc(-c2cnco2)c1)C1CCCNC1. The average molecular weight is 271 g/mol. The van der Waals surface area contributed by atoms with Crippen LogP contribution in [0, 0.1) is 5.92 Å². The lowest BCUT2D eigenvalue weighted by Gasteiger charge is -2.21. The van der Waals surface area contributed by atoms with E-state index in [9.17, 15) is 4.79 Å². The predicted molar refractivity (Wildman–Crippen MR) is 76.2 cm³/mol. The van der Waals surface area contributed by atoms with Crippen LogP contribution in [0.2, 0.25) is 0 Å². The van der Waals surface area contributed by atoms with Crippen molar-refractivity contribution >= 4 is 11.6 Å². The first-order valence-electron chi connectivity index (χ1n) is 6.83. The van der Waals surface area contributed by atoms with Crippen LogP contribution in [0.15, 0.2) is 41.3 Å². The molecule has 20 heavy (non-hydrogen) atoms. The summed E-state index contributed by atoms with van der Waals surface area (Å²) >= 11 is 0. The van der Waals surface area contributed by atoms with Crippen LogP contribution in [-0.2, 0) is 4.79 Å². The maximum absolute atomic E-state index is 12.2. The second kappa shape index (κ2) is 5.88. The molecular weight excluding hydrogens is 254 g/mol. The number of hydrogen-bond acceptors (Lipinski definition) is 4. The average Bonchev–Trinajstić information content (AvgIpc) is 3.03. The van der Waals surface area contributed by atoms with E-state index in [0.29, 0.717) is 5.76 Å². The molecule has 104 valence electrons. The van der Waals surface area contributed by atoms with E-state index in [1.165, 1.54) is 6.39 Å². The molecule has 2 N–H and O–H groups in total. The Hall–Kier alpha value is -2.14. The van der Waals surface area contributed by atoms with Crippen molar-refractivity contribution in [2.24, 2.45) is 5.92 Å². The summed E-state index contributed by atoms with van der Waals surface area (Å²) < 4.78 is 5.26. The molecule has 5 heteroatoms. The lowest BCUT2D eigenvalue weighted by Crippen LogP contribution is -2.37. The van der Waals surface area contributed by atoms with Gasteiger partial charge in [0.2, 0.25) is 5.91 Å². The maximum Gasteiger partial charge on any atom is 0.228 e. The predicted octanol–water partition coefficient (Wildman–Crippen LogP) is 2.28. The lowest BCUT2D eigenvalue weighted by molar-refractivity contribution is -0.120. The van der Waals surface area contributed by atoms with E-state index >= 15 is 0 Å². The van der Waals surface area contributed by atoms with Crippen molar-refractivity contribution in [2.75, 3.05) is 18.4 Å². The standard InChI is InChI=1S/C15H17N3O2/c19-15(12-4-2-6-16-8-12)18-13-5-1-3-11(7-13)14-9-17-10-20-14/h1,3,5,7,9-10,12,16H,2,4,6,8H2,(H,18,19). The van der Waals surface area contributed by atoms with Gasteiger partial charge in [-0.2, -0.15) is 0 Å². The fourth-order valence-electron chi connectivity index (χ4n) is 2.43. The minimum atomic E-state index is 0.0534. The summed E-state index contributed by atoms with van der Waals surface area (Å²) in [5, 5.41) is 6.22. The van der Waals surface area contributed by atoms with Crippen molar-refractivity contribution in [3.63, 3.8) is 0 Å². The highest BCUT2D eigenvalue weighted by Gasteiger charge is 2.20. The summed E-state index contributed by atoms with van der Waals surface area (Å²) in [6, 6.07) is 7.60.